The van der Waals surface area contributed by atoms with Crippen LogP contribution in [-0.2, 0) is 13.0 Å². The van der Waals surface area contributed by atoms with Crippen LogP contribution in [-0.4, -0.2) is 52.7 Å². The number of benzene rings is 2. The Morgan fingerprint density at radius 1 is 1.30 bits per heavy atom. The van der Waals surface area contributed by atoms with Gasteiger partial charge in [0.25, 0.3) is 0 Å². The maximum Gasteiger partial charge on any atom is 0.216 e. The third kappa shape index (κ3) is 4.14. The molecule has 1 unspecified atom stereocenters. The molecule has 2 aromatic carbocycles. The topological polar surface area (TPSA) is 63.1 Å². The van der Waals surface area contributed by atoms with Gasteiger partial charge in [-0.3, -0.25) is 9.89 Å². The summed E-state index contributed by atoms with van der Waals surface area (Å²) in [6.45, 7) is 1.84. The maximum atomic E-state index is 14.1. The Balaban J connectivity index is 1.53. The van der Waals surface area contributed by atoms with E-state index < -0.39 is 5.95 Å². The smallest absolute Gasteiger partial charge is 0.216 e. The van der Waals surface area contributed by atoms with Crippen LogP contribution in [0.2, 0.25) is 5.02 Å². The van der Waals surface area contributed by atoms with E-state index in [2.05, 4.69) is 19.7 Å². The predicted octanol–water partition coefficient (Wildman–Crippen LogP) is 4.82. The van der Waals surface area contributed by atoms with Crippen molar-refractivity contribution in [3.63, 3.8) is 0 Å². The molecule has 5 rings (SSSR count). The number of hydrogen-bond donors (Lipinski definition) is 1. The number of carbonyl (C=O) groups excluding carboxylic acids is 1. The molecule has 0 saturated carbocycles. The zero-order valence-corrected chi connectivity index (χ0v) is 19.2. The summed E-state index contributed by atoms with van der Waals surface area (Å²) in [5, 5.41) is 7.61. The van der Waals surface area contributed by atoms with Crippen molar-refractivity contribution in [1.29, 1.82) is 0 Å². The van der Waals surface area contributed by atoms with Crippen LogP contribution < -0.4 is 4.74 Å². The quantitative estimate of drug-likeness (QED) is 0.414. The van der Waals surface area contributed by atoms with Crippen LogP contribution in [0.25, 0.3) is 22.0 Å². The van der Waals surface area contributed by atoms with Crippen LogP contribution in [0.15, 0.2) is 48.8 Å². The van der Waals surface area contributed by atoms with Gasteiger partial charge in [0.1, 0.15) is 5.75 Å². The van der Waals surface area contributed by atoms with Gasteiger partial charge in [0.2, 0.25) is 5.95 Å². The highest BCUT2D eigenvalue weighted by Gasteiger charge is 2.29. The van der Waals surface area contributed by atoms with Crippen molar-refractivity contribution in [1.82, 2.24) is 19.7 Å². The summed E-state index contributed by atoms with van der Waals surface area (Å²) in [6, 6.07) is 11.1. The first-order valence-corrected chi connectivity index (χ1v) is 11.2. The van der Waals surface area contributed by atoms with E-state index in [1.165, 1.54) is 6.20 Å². The third-order valence-corrected chi connectivity index (χ3v) is 6.37. The molecule has 0 radical (unpaired) electrons. The van der Waals surface area contributed by atoms with Crippen molar-refractivity contribution in [2.75, 3.05) is 27.2 Å². The van der Waals surface area contributed by atoms with Gasteiger partial charge in [0.15, 0.2) is 5.78 Å². The fourth-order valence-electron chi connectivity index (χ4n) is 4.37. The van der Waals surface area contributed by atoms with Crippen molar-refractivity contribution < 1.29 is 13.9 Å². The molecule has 0 amide bonds. The van der Waals surface area contributed by atoms with Crippen molar-refractivity contribution >= 4 is 28.3 Å². The molecule has 0 fully saturated rings. The fourth-order valence-corrected chi connectivity index (χ4v) is 4.57. The minimum atomic E-state index is -0.478. The minimum Gasteiger partial charge on any atom is -0.493 e. The fraction of sp³-hybridized carbons (Fsp3) is 0.280. The predicted molar refractivity (Wildman–Crippen MR) is 127 cm³/mol. The molecule has 0 saturated heterocycles. The number of likely N-dealkylation sites (N-methyl/N-ethyl adjacent to an activating group) is 1. The molecule has 8 heteroatoms. The largest absolute Gasteiger partial charge is 0.493 e. The molecule has 170 valence electrons. The van der Waals surface area contributed by atoms with Gasteiger partial charge in [-0.15, -0.1) is 0 Å². The molecule has 1 aliphatic rings. The van der Waals surface area contributed by atoms with Crippen molar-refractivity contribution in [2.24, 2.45) is 5.92 Å². The third-order valence-electron chi connectivity index (χ3n) is 6.14. The van der Waals surface area contributed by atoms with Gasteiger partial charge in [0, 0.05) is 40.8 Å². The number of fused-ring (bicyclic) bond motifs is 2. The SMILES string of the molecule is CN(C)CCn1cc(C(=O)C2COc3ccc(Cl)cc3C2)c2ccc(-c3cn[nH]c3F)cc21. The number of rotatable bonds is 6. The number of aromatic amines is 1. The van der Waals surface area contributed by atoms with Crippen LogP contribution in [0.5, 0.6) is 5.75 Å². The molecular weight excluding hydrogens is 443 g/mol. The van der Waals surface area contributed by atoms with E-state index in [-0.39, 0.29) is 11.7 Å². The minimum absolute atomic E-state index is 0.0384. The number of nitrogens with zero attached hydrogens (tertiary/aromatic N) is 3. The second kappa shape index (κ2) is 8.65. The number of ketones is 1. The molecule has 4 aromatic rings. The van der Waals surface area contributed by atoms with E-state index in [0.717, 1.165) is 28.8 Å². The van der Waals surface area contributed by atoms with Crippen molar-refractivity contribution in [2.45, 2.75) is 13.0 Å². The molecule has 1 aliphatic heterocycles. The zero-order valence-electron chi connectivity index (χ0n) is 18.4. The summed E-state index contributed by atoms with van der Waals surface area (Å²) >= 11 is 6.15. The highest BCUT2D eigenvalue weighted by atomic mass is 35.5. The zero-order chi connectivity index (χ0) is 23.1. The van der Waals surface area contributed by atoms with Crippen LogP contribution in [0.3, 0.4) is 0 Å². The highest BCUT2D eigenvalue weighted by Crippen LogP contribution is 2.34. The van der Waals surface area contributed by atoms with Gasteiger partial charge in [-0.25, -0.2) is 0 Å². The van der Waals surface area contributed by atoms with Gasteiger partial charge >= 0.3 is 0 Å². The molecule has 0 spiro atoms. The summed E-state index contributed by atoms with van der Waals surface area (Å²) in [4.78, 5) is 15.7. The Morgan fingerprint density at radius 3 is 2.91 bits per heavy atom. The first kappa shape index (κ1) is 21.7. The summed E-state index contributed by atoms with van der Waals surface area (Å²) in [5.74, 6) is 0.0451. The lowest BCUT2D eigenvalue weighted by Crippen LogP contribution is -2.28. The van der Waals surface area contributed by atoms with Crippen LogP contribution in [0.1, 0.15) is 15.9 Å². The van der Waals surface area contributed by atoms with E-state index in [9.17, 15) is 9.18 Å². The molecule has 33 heavy (non-hydrogen) atoms. The number of carbonyl (C=O) groups is 1. The van der Waals surface area contributed by atoms with E-state index in [0.29, 0.717) is 41.3 Å². The first-order chi connectivity index (χ1) is 15.9. The van der Waals surface area contributed by atoms with Crippen molar-refractivity contribution in [3.05, 3.63) is 70.9 Å². The van der Waals surface area contributed by atoms with Gasteiger partial charge in [-0.1, -0.05) is 23.7 Å². The lowest BCUT2D eigenvalue weighted by atomic mass is 9.89. The maximum absolute atomic E-state index is 14.1. The Morgan fingerprint density at radius 2 is 2.15 bits per heavy atom. The summed E-state index contributed by atoms with van der Waals surface area (Å²) in [5.41, 5.74) is 3.60. The van der Waals surface area contributed by atoms with Gasteiger partial charge in [0.05, 0.1) is 24.3 Å². The van der Waals surface area contributed by atoms with Crippen LogP contribution in [0, 0.1) is 11.9 Å². The van der Waals surface area contributed by atoms with Crippen molar-refractivity contribution in [3.8, 4) is 16.9 Å². The van der Waals surface area contributed by atoms with Crippen LogP contribution >= 0.6 is 11.6 Å². The first-order valence-electron chi connectivity index (χ1n) is 10.8. The molecule has 0 bridgehead atoms. The van der Waals surface area contributed by atoms with E-state index in [4.69, 9.17) is 16.3 Å². The highest BCUT2D eigenvalue weighted by molar-refractivity contribution is 6.30. The van der Waals surface area contributed by atoms with E-state index in [1.807, 2.05) is 50.6 Å². The number of aromatic nitrogens is 3. The monoisotopic (exact) mass is 466 g/mol. The standard InChI is InChI=1S/C25H24ClFN4O2/c1-30(2)7-8-31-13-21(19-5-3-15(11-22(19)31)20-12-28-29-25(20)27)24(32)17-9-16-10-18(26)4-6-23(16)33-14-17/h3-6,10-13,17H,7-9,14H2,1-2H3,(H,28,29). The number of halogens is 2. The molecule has 2 aromatic heterocycles. The normalized spacial score (nSPS) is 15.6. The molecule has 1 atom stereocenters. The Labute approximate surface area is 195 Å². The summed E-state index contributed by atoms with van der Waals surface area (Å²) < 4.78 is 22.0. The lowest BCUT2D eigenvalue weighted by Gasteiger charge is -2.24. The lowest BCUT2D eigenvalue weighted by molar-refractivity contribution is 0.0856. The number of H-pyrrole nitrogens is 1. The molecule has 3 heterocycles. The van der Waals surface area contributed by atoms with Gasteiger partial charge < -0.3 is 14.2 Å². The van der Waals surface area contributed by atoms with Gasteiger partial charge in [-0.2, -0.15) is 9.49 Å². The molecule has 0 aliphatic carbocycles. The Hall–Kier alpha value is -3.16. The Kier molecular flexibility index (Phi) is 5.68. The molecule has 6 nitrogen and oxygen atoms in total. The second-order valence-electron chi connectivity index (χ2n) is 8.70. The van der Waals surface area contributed by atoms with E-state index in [1.54, 1.807) is 6.07 Å². The number of Topliss-reactive ketones (excluding diaryl/α,β-unsaturated/α-hetero) is 1. The Bertz CT molecular complexity index is 1340. The second-order valence-corrected chi connectivity index (χ2v) is 9.13. The van der Waals surface area contributed by atoms with E-state index >= 15 is 0 Å². The number of ether oxygens (including phenoxy) is 1. The van der Waals surface area contributed by atoms with Gasteiger partial charge in [-0.05, 0) is 55.9 Å². The average molecular weight is 467 g/mol. The summed E-state index contributed by atoms with van der Waals surface area (Å²) in [7, 11) is 4.01. The number of hydrogen-bond acceptors (Lipinski definition) is 4. The average Bonchev–Trinajstić information content (AvgIpc) is 3.39. The number of nitrogens with one attached hydrogen (secondary N) is 1. The summed E-state index contributed by atoms with van der Waals surface area (Å²) in [6.07, 6.45) is 3.97. The molecule has 1 N–H and O–H groups in total. The molecular formula is C25H24ClFN4O2. The van der Waals surface area contributed by atoms with Crippen LogP contribution in [0.4, 0.5) is 4.39 Å².